The van der Waals surface area contributed by atoms with Gasteiger partial charge in [-0.3, -0.25) is 0 Å². The van der Waals surface area contributed by atoms with E-state index in [1.165, 1.54) is 11.3 Å². The monoisotopic (exact) mass is 353 g/mol. The number of thiophene rings is 1. The standard InChI is InChI=1S/C12H10ClF2NO3S2/c13-10-6-9(3-4-11(10)19-12(14)15)21(17,18)16-7-8-2-1-5-20-8/h1-6,12,16H,7H2. The van der Waals surface area contributed by atoms with Crippen molar-refractivity contribution < 1.29 is 21.9 Å². The Morgan fingerprint density at radius 2 is 2.10 bits per heavy atom. The Balaban J connectivity index is 2.14. The molecule has 0 radical (unpaired) electrons. The average molecular weight is 354 g/mol. The summed E-state index contributed by atoms with van der Waals surface area (Å²) in [5, 5.41) is 1.63. The lowest BCUT2D eigenvalue weighted by Crippen LogP contribution is -2.22. The summed E-state index contributed by atoms with van der Waals surface area (Å²) in [6.45, 7) is -2.88. The molecule has 1 N–H and O–H groups in total. The smallest absolute Gasteiger partial charge is 0.387 e. The molecule has 114 valence electrons. The summed E-state index contributed by atoms with van der Waals surface area (Å²) in [4.78, 5) is 0.730. The number of benzene rings is 1. The summed E-state index contributed by atoms with van der Waals surface area (Å²) < 4.78 is 54.9. The Hall–Kier alpha value is -1.22. The number of alkyl halides is 2. The SMILES string of the molecule is O=S(=O)(NCc1cccs1)c1ccc(OC(F)F)c(Cl)c1. The van der Waals surface area contributed by atoms with E-state index in [4.69, 9.17) is 11.6 Å². The number of hydrogen-bond acceptors (Lipinski definition) is 4. The van der Waals surface area contributed by atoms with Gasteiger partial charge in [0.2, 0.25) is 10.0 Å². The lowest BCUT2D eigenvalue weighted by molar-refractivity contribution is -0.0498. The molecule has 1 heterocycles. The number of hydrogen-bond donors (Lipinski definition) is 1. The molecule has 4 nitrogen and oxygen atoms in total. The maximum absolute atomic E-state index is 12.1. The van der Waals surface area contributed by atoms with E-state index in [1.54, 1.807) is 6.07 Å². The Bertz CT molecular complexity index is 705. The van der Waals surface area contributed by atoms with Crippen molar-refractivity contribution in [2.45, 2.75) is 18.1 Å². The fraction of sp³-hybridized carbons (Fsp3) is 0.167. The summed E-state index contributed by atoms with van der Waals surface area (Å²) in [6.07, 6.45) is 0. The molecular formula is C12H10ClF2NO3S2. The van der Waals surface area contributed by atoms with Crippen molar-refractivity contribution in [3.8, 4) is 5.75 Å². The van der Waals surface area contributed by atoms with Gasteiger partial charge in [0.25, 0.3) is 0 Å². The Kier molecular flexibility index (Phi) is 5.15. The number of halogens is 3. The molecule has 0 amide bonds. The zero-order valence-electron chi connectivity index (χ0n) is 10.4. The first kappa shape index (κ1) is 16.2. The number of sulfonamides is 1. The summed E-state index contributed by atoms with van der Waals surface area (Å²) in [5.41, 5.74) is 0. The molecule has 0 aliphatic rings. The molecule has 0 aliphatic carbocycles. The van der Waals surface area contributed by atoms with Gasteiger partial charge in [-0.1, -0.05) is 17.7 Å². The van der Waals surface area contributed by atoms with Crippen molar-refractivity contribution in [3.05, 3.63) is 45.6 Å². The second kappa shape index (κ2) is 6.69. The van der Waals surface area contributed by atoms with E-state index in [2.05, 4.69) is 9.46 Å². The molecule has 0 atom stereocenters. The van der Waals surface area contributed by atoms with Gasteiger partial charge in [-0.15, -0.1) is 11.3 Å². The van der Waals surface area contributed by atoms with Gasteiger partial charge >= 0.3 is 6.61 Å². The van der Waals surface area contributed by atoms with Crippen molar-refractivity contribution in [2.24, 2.45) is 0 Å². The zero-order chi connectivity index (χ0) is 15.5. The number of ether oxygens (including phenoxy) is 1. The van der Waals surface area contributed by atoms with Gasteiger partial charge in [-0.2, -0.15) is 8.78 Å². The topological polar surface area (TPSA) is 55.4 Å². The third kappa shape index (κ3) is 4.37. The van der Waals surface area contributed by atoms with Crippen LogP contribution in [0, 0.1) is 0 Å². The highest BCUT2D eigenvalue weighted by molar-refractivity contribution is 7.89. The first-order chi connectivity index (χ1) is 9.88. The quantitative estimate of drug-likeness (QED) is 0.865. The highest BCUT2D eigenvalue weighted by Gasteiger charge is 2.17. The molecule has 0 fully saturated rings. The number of nitrogens with one attached hydrogen (secondary N) is 1. The fourth-order valence-corrected chi connectivity index (χ4v) is 3.56. The van der Waals surface area contributed by atoms with Crippen molar-refractivity contribution in [1.82, 2.24) is 4.72 Å². The van der Waals surface area contributed by atoms with Crippen LogP contribution in [-0.2, 0) is 16.6 Å². The molecule has 2 aromatic rings. The van der Waals surface area contributed by atoms with E-state index in [0.717, 1.165) is 23.1 Å². The van der Waals surface area contributed by atoms with Crippen molar-refractivity contribution in [1.29, 1.82) is 0 Å². The Morgan fingerprint density at radius 1 is 1.33 bits per heavy atom. The van der Waals surface area contributed by atoms with Gasteiger partial charge in [-0.05, 0) is 29.6 Å². The van der Waals surface area contributed by atoms with Gasteiger partial charge in [0.1, 0.15) is 5.75 Å². The summed E-state index contributed by atoms with van der Waals surface area (Å²) in [6, 6.07) is 6.91. The van der Waals surface area contributed by atoms with Gasteiger partial charge in [0.15, 0.2) is 0 Å². The highest BCUT2D eigenvalue weighted by Crippen LogP contribution is 2.28. The van der Waals surface area contributed by atoms with Crippen LogP contribution in [0.1, 0.15) is 4.88 Å². The molecule has 1 aromatic heterocycles. The van der Waals surface area contributed by atoms with Crippen LogP contribution in [0.2, 0.25) is 5.02 Å². The highest BCUT2D eigenvalue weighted by atomic mass is 35.5. The maximum atomic E-state index is 12.1. The van der Waals surface area contributed by atoms with Crippen LogP contribution < -0.4 is 9.46 Å². The molecule has 0 aliphatic heterocycles. The lowest BCUT2D eigenvalue weighted by Gasteiger charge is -2.09. The molecule has 0 saturated carbocycles. The summed E-state index contributed by atoms with van der Waals surface area (Å²) in [7, 11) is -3.77. The molecular weight excluding hydrogens is 344 g/mol. The minimum Gasteiger partial charge on any atom is -0.433 e. The van der Waals surface area contributed by atoms with E-state index in [-0.39, 0.29) is 22.2 Å². The van der Waals surface area contributed by atoms with Crippen molar-refractivity contribution in [2.75, 3.05) is 0 Å². The molecule has 1 aromatic carbocycles. The molecule has 0 bridgehead atoms. The second-order valence-electron chi connectivity index (χ2n) is 3.87. The third-order valence-electron chi connectivity index (χ3n) is 2.45. The van der Waals surface area contributed by atoms with Crippen LogP contribution in [0.15, 0.2) is 40.6 Å². The van der Waals surface area contributed by atoms with E-state index in [0.29, 0.717) is 0 Å². The van der Waals surface area contributed by atoms with Crippen LogP contribution in [0.3, 0.4) is 0 Å². The van der Waals surface area contributed by atoms with Crippen LogP contribution in [0.5, 0.6) is 5.75 Å². The largest absolute Gasteiger partial charge is 0.433 e. The minimum absolute atomic E-state index is 0.120. The fourth-order valence-electron chi connectivity index (χ4n) is 1.50. The van der Waals surface area contributed by atoms with Gasteiger partial charge < -0.3 is 4.74 Å². The molecule has 9 heteroatoms. The van der Waals surface area contributed by atoms with E-state index >= 15 is 0 Å². The van der Waals surface area contributed by atoms with Crippen molar-refractivity contribution in [3.63, 3.8) is 0 Å². The first-order valence-corrected chi connectivity index (χ1v) is 8.39. The Labute approximate surface area is 129 Å². The van der Waals surface area contributed by atoms with E-state index < -0.39 is 16.6 Å². The summed E-state index contributed by atoms with van der Waals surface area (Å²) >= 11 is 7.15. The van der Waals surface area contributed by atoms with Gasteiger partial charge in [0.05, 0.1) is 9.92 Å². The van der Waals surface area contributed by atoms with Crippen molar-refractivity contribution >= 4 is 33.0 Å². The minimum atomic E-state index is -3.77. The third-order valence-corrected chi connectivity index (χ3v) is 5.02. The predicted molar refractivity (Wildman–Crippen MR) is 76.4 cm³/mol. The maximum Gasteiger partial charge on any atom is 0.387 e. The van der Waals surface area contributed by atoms with Gasteiger partial charge in [-0.25, -0.2) is 13.1 Å². The molecule has 0 spiro atoms. The lowest BCUT2D eigenvalue weighted by atomic mass is 10.3. The Morgan fingerprint density at radius 3 is 2.67 bits per heavy atom. The van der Waals surface area contributed by atoms with E-state index in [1.807, 2.05) is 11.4 Å². The normalized spacial score (nSPS) is 11.8. The van der Waals surface area contributed by atoms with E-state index in [9.17, 15) is 17.2 Å². The molecule has 0 saturated heterocycles. The molecule has 21 heavy (non-hydrogen) atoms. The zero-order valence-corrected chi connectivity index (χ0v) is 12.8. The molecule has 2 rings (SSSR count). The second-order valence-corrected chi connectivity index (χ2v) is 7.08. The number of rotatable bonds is 6. The average Bonchev–Trinajstić information content (AvgIpc) is 2.91. The van der Waals surface area contributed by atoms with Gasteiger partial charge in [0, 0.05) is 11.4 Å². The first-order valence-electron chi connectivity index (χ1n) is 5.65. The van der Waals surface area contributed by atoms with Crippen LogP contribution in [0.25, 0.3) is 0 Å². The van der Waals surface area contributed by atoms with Crippen LogP contribution >= 0.6 is 22.9 Å². The van der Waals surface area contributed by atoms with Crippen LogP contribution in [-0.4, -0.2) is 15.0 Å². The summed E-state index contributed by atoms with van der Waals surface area (Å²) in [5.74, 6) is -0.274. The molecule has 0 unspecified atom stereocenters. The predicted octanol–water partition coefficient (Wildman–Crippen LogP) is 3.48. The van der Waals surface area contributed by atoms with Crippen LogP contribution in [0.4, 0.5) is 8.78 Å².